The highest BCUT2D eigenvalue weighted by Gasteiger charge is 2.66. The summed E-state index contributed by atoms with van der Waals surface area (Å²) in [6.07, 6.45) is 56.5. The molecule has 0 spiro atoms. The average molecular weight is 1540 g/mol. The van der Waals surface area contributed by atoms with E-state index in [0.717, 1.165) is 110 Å². The van der Waals surface area contributed by atoms with Crippen molar-refractivity contribution in [1.29, 1.82) is 0 Å². The molecule has 4 aromatic rings. The van der Waals surface area contributed by atoms with Crippen LogP contribution < -0.4 is 0 Å². The number of allylic oxidation sites excluding steroid dienone is 8. The third-order valence-corrected chi connectivity index (χ3v) is 37.3. The Bertz CT molecular complexity index is 4260. The summed E-state index contributed by atoms with van der Waals surface area (Å²) in [6.45, 7) is 38.0. The second-order valence-electron chi connectivity index (χ2n) is 42.2. The van der Waals surface area contributed by atoms with Crippen LogP contribution in [0.25, 0.3) is 22.3 Å². The van der Waals surface area contributed by atoms with E-state index in [1.807, 2.05) is 36.6 Å². The van der Waals surface area contributed by atoms with E-state index in [9.17, 15) is 19.2 Å². The third kappa shape index (κ3) is 12.6. The van der Waals surface area contributed by atoms with Crippen LogP contribution in [0.5, 0.6) is 0 Å². The number of aryl methyl sites for hydroxylation is 4. The molecule has 4 amide bonds. The zero-order valence-corrected chi connectivity index (χ0v) is 72.6. The minimum atomic E-state index is -0.130. The van der Waals surface area contributed by atoms with Crippen LogP contribution in [0.3, 0.4) is 0 Å². The Morgan fingerprint density at radius 2 is 0.605 bits per heavy atom. The fraction of sp³-hybridized carbons (Fsp3) is 0.683. The second-order valence-corrected chi connectivity index (χ2v) is 42.2. The van der Waals surface area contributed by atoms with Crippen molar-refractivity contribution in [2.45, 2.75) is 289 Å². The Balaban J connectivity index is 0.000000110. The molecular weight excluding hydrogens is 1410 g/mol. The molecule has 8 heterocycles. The molecule has 0 radical (unpaired) electrons. The Morgan fingerprint density at radius 3 is 0.860 bits per heavy atom. The number of hydrogen-bond donors (Lipinski definition) is 0. The summed E-state index contributed by atoms with van der Waals surface area (Å²) in [7, 11) is 1.52. The fourth-order valence-corrected chi connectivity index (χ4v) is 31.7. The van der Waals surface area contributed by atoms with Crippen molar-refractivity contribution >= 4 is 46.1 Å². The van der Waals surface area contributed by atoms with Gasteiger partial charge in [-0.1, -0.05) is 86.6 Å². The zero-order valence-electron chi connectivity index (χ0n) is 72.6. The number of amides is 4. The van der Waals surface area contributed by atoms with Gasteiger partial charge in [0.1, 0.15) is 0 Å². The Hall–Kier alpha value is -6.76. The maximum absolute atomic E-state index is 12.5. The van der Waals surface area contributed by atoms with Gasteiger partial charge in [-0.15, -0.1) is 0 Å². The Labute approximate surface area is 684 Å². The van der Waals surface area contributed by atoms with Gasteiger partial charge in [0, 0.05) is 120 Å². The number of pyridine rings is 4. The third-order valence-electron chi connectivity index (χ3n) is 37.3. The number of nitrogens with zero attached hydrogens (tertiary/aromatic N) is 8. The van der Waals surface area contributed by atoms with Crippen LogP contribution in [-0.2, 0) is 19.1 Å². The number of aromatic nitrogens is 4. The van der Waals surface area contributed by atoms with Crippen LogP contribution in [0.4, 0.5) is 4.79 Å². The normalized spacial score (nSPS) is 41.3. The van der Waals surface area contributed by atoms with Crippen LogP contribution >= 0.6 is 0 Å². The molecule has 612 valence electrons. The molecule has 12 fully saturated rings. The Morgan fingerprint density at radius 1 is 0.351 bits per heavy atom. The molecule has 24 atom stereocenters. The lowest BCUT2D eigenvalue weighted by atomic mass is 9.48. The van der Waals surface area contributed by atoms with Crippen LogP contribution in [0, 0.1) is 142 Å². The molecular formula is C101H138N8O5. The van der Waals surface area contributed by atoms with E-state index in [2.05, 4.69) is 191 Å². The number of likely N-dealkylation sites (tertiary alicyclic amines) is 4. The molecule has 12 aliphatic carbocycles. The summed E-state index contributed by atoms with van der Waals surface area (Å²) in [5.74, 6) is 10.1. The minimum Gasteiger partial charge on any atom is -0.453 e. The molecule has 4 aliphatic heterocycles. The molecule has 16 aliphatic rings. The number of carbonyl (C=O) groups is 4. The standard InChI is InChI=1S/C26H36N2O.C25H34N2O2.2C25H34N2O/c1-5-24(29)28-13-12-26(4)22-10-11-25(3)20(18-14-17(2)15-27-16-18)7-8-21(25)19(22)6-9-23(26)28;1-16-13-17(15-26-14-16)19-6-7-20-18-5-8-22-25(3,11-12-27(22)23(28)29-4)21(18)9-10-24(19,20)2;2*1-16-13-18(15-26-14-16)20-6-7-21-19-5-8-23-25(4,11-12-27(23)17(2)28)22(19)9-10-24(20,21)3/h7,14-16,19,21-23H,5-6,8-13H2,1-4H3;6,13-15,18,20-22H,5,7-12H2,1-4H3;2*6,13-15,19,21-23H,5,7-12H2,1-4H3/t19-,21-,22-,23?,25+,26+;18-,20-,21-,22?,24+,25+;2*19-,21-,22-,23?,24+,25+/m0000/s1. The van der Waals surface area contributed by atoms with Gasteiger partial charge in [0.15, 0.2) is 0 Å². The first-order valence-electron chi connectivity index (χ1n) is 45.6. The highest BCUT2D eigenvalue weighted by molar-refractivity contribution is 5.79. The molecule has 0 bridgehead atoms. The van der Waals surface area contributed by atoms with Crippen molar-refractivity contribution in [3.05, 3.63) is 143 Å². The molecule has 13 heteroatoms. The zero-order chi connectivity index (χ0) is 80.1. The van der Waals surface area contributed by atoms with Crippen molar-refractivity contribution in [2.75, 3.05) is 33.3 Å². The number of rotatable bonds is 5. The van der Waals surface area contributed by atoms with Gasteiger partial charge in [0.05, 0.1) is 7.11 Å². The summed E-state index contributed by atoms with van der Waals surface area (Å²) in [5.41, 5.74) is 18.9. The molecule has 114 heavy (non-hydrogen) atoms. The van der Waals surface area contributed by atoms with E-state index in [4.69, 9.17) is 4.74 Å². The quantitative estimate of drug-likeness (QED) is 0.191. The molecule has 0 aromatic carbocycles. The molecule has 4 saturated heterocycles. The average Bonchev–Trinajstić information content (AvgIpc) is 1.54. The topological polar surface area (TPSA) is 142 Å². The smallest absolute Gasteiger partial charge is 0.409 e. The minimum absolute atomic E-state index is 0.130. The Kier molecular flexibility index (Phi) is 20.7. The van der Waals surface area contributed by atoms with Crippen LogP contribution in [0.2, 0.25) is 0 Å². The van der Waals surface area contributed by atoms with Gasteiger partial charge in [0.25, 0.3) is 0 Å². The molecule has 13 nitrogen and oxygen atoms in total. The first-order valence-corrected chi connectivity index (χ1v) is 45.6. The van der Waals surface area contributed by atoms with Gasteiger partial charge in [-0.2, -0.15) is 0 Å². The predicted octanol–water partition coefficient (Wildman–Crippen LogP) is 21.6. The SMILES string of the molecule is CC(=O)N1CC[C@@]2(C)C1CC[C@@H]1[C@@H]2CC[C@]2(C)C(c3cncc(C)c3)=CC[C@@H]12.CC(=O)N1CC[C@@]2(C)C1CC[C@@H]1[C@@H]2CC[C@]2(C)C(c3cncc(C)c3)=CC[C@@H]12.CCC(=O)N1CC[C@@]2(C)C1CC[C@@H]1[C@@H]2CC[C@]2(C)C(c3cncc(C)c3)=CC[C@@H]12.COC(=O)N1CC[C@@]2(C)C1CC[C@@H]1[C@@H]2CC[C@]2(C)C(c3cncc(C)c3)=CC[C@@H]12. The number of carbonyl (C=O) groups excluding carboxylic acids is 4. The lowest BCUT2D eigenvalue weighted by Gasteiger charge is -2.57. The lowest BCUT2D eigenvalue weighted by molar-refractivity contribution is -0.136. The summed E-state index contributed by atoms with van der Waals surface area (Å²) in [6, 6.07) is 11.1. The second kappa shape index (κ2) is 29.6. The van der Waals surface area contributed by atoms with Crippen LogP contribution in [0.15, 0.2) is 98.1 Å². The molecule has 20 rings (SSSR count). The lowest BCUT2D eigenvalue weighted by Crippen LogP contribution is -2.54. The van der Waals surface area contributed by atoms with Crippen LogP contribution in [0.1, 0.15) is 281 Å². The van der Waals surface area contributed by atoms with Crippen molar-refractivity contribution in [2.24, 2.45) is 114 Å². The molecule has 8 saturated carbocycles. The highest BCUT2D eigenvalue weighted by atomic mass is 16.5. The van der Waals surface area contributed by atoms with Crippen LogP contribution in [-0.4, -0.2) is 121 Å². The molecule has 4 aromatic heterocycles. The largest absolute Gasteiger partial charge is 0.453 e. The van der Waals surface area contributed by atoms with E-state index in [1.165, 1.54) is 198 Å². The first kappa shape index (κ1) is 79.7. The summed E-state index contributed by atoms with van der Waals surface area (Å²) < 4.78 is 5.09. The number of methoxy groups -OCH3 is 1. The van der Waals surface area contributed by atoms with E-state index < -0.39 is 0 Å². The fourth-order valence-electron chi connectivity index (χ4n) is 31.7. The van der Waals surface area contributed by atoms with E-state index in [1.54, 1.807) is 30.6 Å². The van der Waals surface area contributed by atoms with Crippen molar-refractivity contribution in [1.82, 2.24) is 39.5 Å². The number of fused-ring (bicyclic) bond motifs is 20. The maximum Gasteiger partial charge on any atom is 0.409 e. The van der Waals surface area contributed by atoms with Crippen molar-refractivity contribution < 1.29 is 23.9 Å². The monoisotopic (exact) mass is 1540 g/mol. The van der Waals surface area contributed by atoms with Gasteiger partial charge in [-0.05, 0) is 387 Å². The van der Waals surface area contributed by atoms with Gasteiger partial charge >= 0.3 is 6.09 Å². The highest BCUT2D eigenvalue weighted by Crippen LogP contribution is 2.72. The van der Waals surface area contributed by atoms with Gasteiger partial charge < -0.3 is 24.3 Å². The van der Waals surface area contributed by atoms with Crippen molar-refractivity contribution in [3.8, 4) is 0 Å². The van der Waals surface area contributed by atoms with Crippen molar-refractivity contribution in [3.63, 3.8) is 0 Å². The maximum atomic E-state index is 12.5. The van der Waals surface area contributed by atoms with E-state index >= 15 is 0 Å². The van der Waals surface area contributed by atoms with E-state index in [-0.39, 0.29) is 34.2 Å². The number of hydrogen-bond acceptors (Lipinski definition) is 9. The summed E-state index contributed by atoms with van der Waals surface area (Å²) in [5, 5.41) is 0. The predicted molar refractivity (Wildman–Crippen MR) is 456 cm³/mol. The molecule has 4 unspecified atom stereocenters. The van der Waals surface area contributed by atoms with Gasteiger partial charge in [-0.25, -0.2) is 4.79 Å². The number of ether oxygens (including phenoxy) is 1. The summed E-state index contributed by atoms with van der Waals surface area (Å²) >= 11 is 0. The first-order chi connectivity index (χ1) is 54.4. The summed E-state index contributed by atoms with van der Waals surface area (Å²) in [4.78, 5) is 75.8. The van der Waals surface area contributed by atoms with E-state index in [0.29, 0.717) is 63.6 Å². The van der Waals surface area contributed by atoms with Gasteiger partial charge in [0.2, 0.25) is 17.7 Å². The van der Waals surface area contributed by atoms with Gasteiger partial charge in [-0.3, -0.25) is 34.3 Å². The molecule has 0 N–H and O–H groups in total.